The van der Waals surface area contributed by atoms with Crippen LogP contribution in [-0.4, -0.2) is 53.6 Å². The molecule has 1 saturated heterocycles. The van der Waals surface area contributed by atoms with E-state index in [0.717, 1.165) is 45.0 Å². The number of amides is 1. The van der Waals surface area contributed by atoms with Gasteiger partial charge in [0.15, 0.2) is 5.96 Å². The first-order valence-corrected chi connectivity index (χ1v) is 9.13. The van der Waals surface area contributed by atoms with Crippen LogP contribution in [0.15, 0.2) is 29.5 Å². The second-order valence-corrected chi connectivity index (χ2v) is 6.29. The van der Waals surface area contributed by atoms with Crippen LogP contribution in [-0.2, 0) is 11.3 Å². The Morgan fingerprint density at radius 3 is 2.68 bits per heavy atom. The van der Waals surface area contributed by atoms with Crippen molar-refractivity contribution in [2.45, 2.75) is 52.1 Å². The van der Waals surface area contributed by atoms with Crippen molar-refractivity contribution in [3.05, 3.63) is 24.5 Å². The van der Waals surface area contributed by atoms with E-state index in [1.54, 1.807) is 0 Å². The molecule has 0 saturated carbocycles. The molecule has 142 valence electrons. The molecule has 0 bridgehead atoms. The highest BCUT2D eigenvalue weighted by molar-refractivity contribution is 14.0. The highest BCUT2D eigenvalue weighted by atomic mass is 127. The average Bonchev–Trinajstić information content (AvgIpc) is 3.08. The van der Waals surface area contributed by atoms with Crippen molar-refractivity contribution >= 4 is 35.8 Å². The number of hydrogen-bond acceptors (Lipinski definition) is 2. The van der Waals surface area contributed by atoms with Crippen LogP contribution in [0.5, 0.6) is 0 Å². The van der Waals surface area contributed by atoms with Gasteiger partial charge in [-0.1, -0.05) is 0 Å². The summed E-state index contributed by atoms with van der Waals surface area (Å²) in [6, 6.07) is 4.42. The molecule has 7 heteroatoms. The summed E-state index contributed by atoms with van der Waals surface area (Å²) >= 11 is 0. The van der Waals surface area contributed by atoms with Gasteiger partial charge in [0, 0.05) is 51.0 Å². The summed E-state index contributed by atoms with van der Waals surface area (Å²) in [4.78, 5) is 18.9. The third kappa shape index (κ3) is 7.66. The maximum Gasteiger partial charge on any atom is 0.224 e. The number of guanidine groups is 1. The molecule has 1 aromatic heterocycles. The van der Waals surface area contributed by atoms with Crippen molar-refractivity contribution in [2.75, 3.05) is 26.2 Å². The van der Waals surface area contributed by atoms with Crippen molar-refractivity contribution in [1.29, 1.82) is 0 Å². The maximum absolute atomic E-state index is 12.3. The van der Waals surface area contributed by atoms with Crippen molar-refractivity contribution < 1.29 is 4.79 Å². The monoisotopic (exact) mass is 461 g/mol. The molecule has 1 aliphatic heterocycles. The minimum atomic E-state index is 0. The molecule has 2 rings (SSSR count). The van der Waals surface area contributed by atoms with Gasteiger partial charge in [-0.15, -0.1) is 24.0 Å². The predicted molar refractivity (Wildman–Crippen MR) is 113 cm³/mol. The number of hydrogen-bond donors (Lipinski definition) is 2. The summed E-state index contributed by atoms with van der Waals surface area (Å²) < 4.78 is 2.12. The third-order valence-electron chi connectivity index (χ3n) is 4.39. The number of piperidine rings is 1. The Kier molecular flexibility index (Phi) is 10.6. The fourth-order valence-corrected chi connectivity index (χ4v) is 3.04. The molecule has 1 fully saturated rings. The van der Waals surface area contributed by atoms with Gasteiger partial charge in [0.05, 0.1) is 6.54 Å². The molecular formula is C18H32IN5O. The van der Waals surface area contributed by atoms with Gasteiger partial charge in [0.25, 0.3) is 0 Å². The summed E-state index contributed by atoms with van der Waals surface area (Å²) in [5.74, 6) is 1.01. The van der Waals surface area contributed by atoms with E-state index in [4.69, 9.17) is 0 Å². The normalized spacial score (nSPS) is 17.8. The fraction of sp³-hybridized carbons (Fsp3) is 0.667. The lowest BCUT2D eigenvalue weighted by Crippen LogP contribution is -2.42. The minimum Gasteiger partial charge on any atom is -0.357 e. The van der Waals surface area contributed by atoms with E-state index < -0.39 is 0 Å². The van der Waals surface area contributed by atoms with E-state index in [0.29, 0.717) is 19.0 Å². The van der Waals surface area contributed by atoms with Gasteiger partial charge in [-0.2, -0.15) is 0 Å². The Morgan fingerprint density at radius 2 is 2.00 bits per heavy atom. The molecule has 2 heterocycles. The number of halogens is 1. The number of carbonyl (C=O) groups is 1. The fourth-order valence-electron chi connectivity index (χ4n) is 3.04. The zero-order chi connectivity index (χ0) is 17.2. The van der Waals surface area contributed by atoms with Gasteiger partial charge >= 0.3 is 0 Å². The van der Waals surface area contributed by atoms with Gasteiger partial charge < -0.3 is 20.1 Å². The van der Waals surface area contributed by atoms with Crippen LogP contribution >= 0.6 is 24.0 Å². The summed E-state index contributed by atoms with van der Waals surface area (Å²) in [5.41, 5.74) is 0. The van der Waals surface area contributed by atoms with Crippen LogP contribution < -0.4 is 10.6 Å². The molecule has 1 aromatic rings. The molecule has 0 aliphatic carbocycles. The number of likely N-dealkylation sites (tertiary alicyclic amines) is 1. The molecule has 0 radical (unpaired) electrons. The Labute approximate surface area is 168 Å². The Morgan fingerprint density at radius 1 is 1.24 bits per heavy atom. The van der Waals surface area contributed by atoms with Crippen LogP contribution in [0.4, 0.5) is 0 Å². The standard InChI is InChI=1S/C18H31N5O.HI/c1-3-19-18(21-11-15-22-12-6-7-13-22)20-10-9-17(24)23-14-5-4-8-16(23)2;/h6-7,12-13,16H,3-5,8-11,14-15H2,1-2H3,(H2,19,20,21);1H. The number of aliphatic imine (C=N–C) groups is 1. The number of nitrogens with zero attached hydrogens (tertiary/aromatic N) is 3. The Hall–Kier alpha value is -1.25. The third-order valence-corrected chi connectivity index (χ3v) is 4.39. The molecule has 0 aromatic carbocycles. The second kappa shape index (κ2) is 12.2. The molecule has 6 nitrogen and oxygen atoms in total. The van der Waals surface area contributed by atoms with E-state index in [2.05, 4.69) is 27.1 Å². The zero-order valence-electron chi connectivity index (χ0n) is 15.4. The average molecular weight is 461 g/mol. The lowest BCUT2D eigenvalue weighted by molar-refractivity contribution is -0.134. The van der Waals surface area contributed by atoms with Crippen molar-refractivity contribution in [1.82, 2.24) is 20.1 Å². The van der Waals surface area contributed by atoms with E-state index in [1.807, 2.05) is 36.4 Å². The van der Waals surface area contributed by atoms with Crippen molar-refractivity contribution in [3.8, 4) is 0 Å². The molecule has 1 unspecified atom stereocenters. The molecule has 25 heavy (non-hydrogen) atoms. The minimum absolute atomic E-state index is 0. The first kappa shape index (κ1) is 21.8. The van der Waals surface area contributed by atoms with E-state index in [-0.39, 0.29) is 29.9 Å². The van der Waals surface area contributed by atoms with Gasteiger partial charge in [-0.3, -0.25) is 9.79 Å². The van der Waals surface area contributed by atoms with Gasteiger partial charge in [0.2, 0.25) is 5.91 Å². The van der Waals surface area contributed by atoms with Crippen LogP contribution in [0.1, 0.15) is 39.5 Å². The van der Waals surface area contributed by atoms with Gasteiger partial charge in [-0.25, -0.2) is 0 Å². The number of nitrogens with one attached hydrogen (secondary N) is 2. The smallest absolute Gasteiger partial charge is 0.224 e. The largest absolute Gasteiger partial charge is 0.357 e. The van der Waals surface area contributed by atoms with Crippen molar-refractivity contribution in [3.63, 3.8) is 0 Å². The SMILES string of the molecule is CCNC(=NCCC(=O)N1CCCCC1C)NCCn1cccc1.I. The number of aromatic nitrogens is 1. The summed E-state index contributed by atoms with van der Waals surface area (Å²) in [7, 11) is 0. The van der Waals surface area contributed by atoms with Gasteiger partial charge in [0.1, 0.15) is 0 Å². The number of carbonyl (C=O) groups excluding carboxylic acids is 1. The first-order chi connectivity index (χ1) is 11.7. The number of rotatable bonds is 7. The topological polar surface area (TPSA) is 61.7 Å². The molecule has 1 atom stereocenters. The van der Waals surface area contributed by atoms with Crippen LogP contribution in [0.25, 0.3) is 0 Å². The molecule has 0 spiro atoms. The lowest BCUT2D eigenvalue weighted by atomic mass is 10.0. The van der Waals surface area contributed by atoms with Crippen LogP contribution in [0.2, 0.25) is 0 Å². The predicted octanol–water partition coefficient (Wildman–Crippen LogP) is 2.45. The molecule has 2 N–H and O–H groups in total. The first-order valence-electron chi connectivity index (χ1n) is 9.13. The van der Waals surface area contributed by atoms with E-state index in [1.165, 1.54) is 6.42 Å². The van der Waals surface area contributed by atoms with Crippen molar-refractivity contribution in [2.24, 2.45) is 4.99 Å². The van der Waals surface area contributed by atoms with E-state index >= 15 is 0 Å². The summed E-state index contributed by atoms with van der Waals surface area (Å²) in [6.07, 6.45) is 8.06. The molecule has 1 amide bonds. The molecule has 1 aliphatic rings. The lowest BCUT2D eigenvalue weighted by Gasteiger charge is -2.33. The van der Waals surface area contributed by atoms with Crippen LogP contribution in [0.3, 0.4) is 0 Å². The zero-order valence-corrected chi connectivity index (χ0v) is 17.7. The molecular weight excluding hydrogens is 429 g/mol. The highest BCUT2D eigenvalue weighted by Crippen LogP contribution is 2.17. The quantitative estimate of drug-likeness (QED) is 0.373. The summed E-state index contributed by atoms with van der Waals surface area (Å²) in [6.45, 7) is 8.13. The highest BCUT2D eigenvalue weighted by Gasteiger charge is 2.22. The Bertz CT molecular complexity index is 518. The van der Waals surface area contributed by atoms with E-state index in [9.17, 15) is 4.79 Å². The van der Waals surface area contributed by atoms with Crippen LogP contribution in [0, 0.1) is 0 Å². The van der Waals surface area contributed by atoms with Gasteiger partial charge in [-0.05, 0) is 45.2 Å². The Balaban J connectivity index is 0.00000312. The summed E-state index contributed by atoms with van der Waals surface area (Å²) in [5, 5.41) is 6.54. The second-order valence-electron chi connectivity index (χ2n) is 6.29. The maximum atomic E-state index is 12.3.